The minimum absolute atomic E-state index is 0.276. The number of rotatable bonds is 5. The lowest BCUT2D eigenvalue weighted by Crippen LogP contribution is -2.49. The molecule has 1 atom stereocenters. The molecule has 0 bridgehead atoms. The molecule has 4 heteroatoms. The van der Waals surface area contributed by atoms with Gasteiger partial charge >= 0.3 is 0 Å². The first-order valence-electron chi connectivity index (χ1n) is 7.44. The number of hydrogen-bond acceptors (Lipinski definition) is 4. The van der Waals surface area contributed by atoms with E-state index < -0.39 is 5.60 Å². The summed E-state index contributed by atoms with van der Waals surface area (Å²) >= 11 is 0. The van der Waals surface area contributed by atoms with Crippen molar-refractivity contribution in [1.29, 1.82) is 0 Å². The first-order valence-corrected chi connectivity index (χ1v) is 7.44. The van der Waals surface area contributed by atoms with Crippen molar-refractivity contribution < 1.29 is 14.6 Å². The van der Waals surface area contributed by atoms with Gasteiger partial charge in [-0.2, -0.15) is 0 Å². The Kier molecular flexibility index (Phi) is 4.24. The van der Waals surface area contributed by atoms with Gasteiger partial charge in [-0.25, -0.2) is 0 Å². The van der Waals surface area contributed by atoms with Crippen LogP contribution >= 0.6 is 0 Å². The van der Waals surface area contributed by atoms with E-state index in [1.54, 1.807) is 0 Å². The number of benzene rings is 1. The summed E-state index contributed by atoms with van der Waals surface area (Å²) in [4.78, 5) is 2.32. The number of nitrogens with zero attached hydrogens (tertiary/aromatic N) is 1. The molecule has 1 aromatic carbocycles. The maximum atomic E-state index is 10.7. The summed E-state index contributed by atoms with van der Waals surface area (Å²) < 4.78 is 11.3. The van der Waals surface area contributed by atoms with E-state index in [9.17, 15) is 5.11 Å². The molecular weight excluding hydrogens is 254 g/mol. The van der Waals surface area contributed by atoms with Crippen LogP contribution in [0.25, 0.3) is 0 Å². The first kappa shape index (κ1) is 13.9. The maximum Gasteiger partial charge on any atom is 0.134 e. The van der Waals surface area contributed by atoms with Crippen LogP contribution in [0.3, 0.4) is 0 Å². The zero-order valence-corrected chi connectivity index (χ0v) is 11.8. The predicted octanol–water partition coefficient (Wildman–Crippen LogP) is 1.54. The van der Waals surface area contributed by atoms with Crippen molar-refractivity contribution >= 4 is 0 Å². The van der Waals surface area contributed by atoms with Gasteiger partial charge in [0.15, 0.2) is 0 Å². The molecule has 1 N–H and O–H groups in total. The Morgan fingerprint density at radius 3 is 2.85 bits per heavy atom. The van der Waals surface area contributed by atoms with Gasteiger partial charge in [0, 0.05) is 19.6 Å². The first-order chi connectivity index (χ1) is 9.73. The predicted molar refractivity (Wildman–Crippen MR) is 76.9 cm³/mol. The molecule has 0 spiro atoms. The van der Waals surface area contributed by atoms with E-state index >= 15 is 0 Å². The lowest BCUT2D eigenvalue weighted by molar-refractivity contribution is -0.0643. The molecule has 3 rings (SSSR count). The SMILES string of the molecule is O[C@]1(COc2ccccc2)COCCN(CC2CC2)C1. The van der Waals surface area contributed by atoms with E-state index in [0.29, 0.717) is 19.8 Å². The van der Waals surface area contributed by atoms with Gasteiger partial charge in [-0.3, -0.25) is 4.90 Å². The Hall–Kier alpha value is -1.10. The third kappa shape index (κ3) is 3.95. The van der Waals surface area contributed by atoms with Crippen LogP contribution in [0.1, 0.15) is 12.8 Å². The molecule has 1 aromatic rings. The minimum Gasteiger partial charge on any atom is -0.490 e. The van der Waals surface area contributed by atoms with E-state index in [1.807, 2.05) is 30.3 Å². The standard InChI is InChI=1S/C16H23NO3/c18-16(13-20-15-4-2-1-3-5-15)11-17(8-9-19-12-16)10-14-6-7-14/h1-5,14,18H,6-13H2/t16-/m0/s1. The summed E-state index contributed by atoms with van der Waals surface area (Å²) in [6, 6.07) is 9.63. The van der Waals surface area contributed by atoms with Crippen molar-refractivity contribution in [1.82, 2.24) is 4.90 Å². The van der Waals surface area contributed by atoms with E-state index in [2.05, 4.69) is 4.90 Å². The molecule has 20 heavy (non-hydrogen) atoms. The van der Waals surface area contributed by atoms with Crippen LogP contribution in [0.15, 0.2) is 30.3 Å². The number of para-hydroxylation sites is 1. The van der Waals surface area contributed by atoms with Gasteiger partial charge in [0.05, 0.1) is 13.2 Å². The summed E-state index contributed by atoms with van der Waals surface area (Å²) in [5, 5.41) is 10.7. The fraction of sp³-hybridized carbons (Fsp3) is 0.625. The van der Waals surface area contributed by atoms with Crippen LogP contribution in [-0.2, 0) is 4.74 Å². The van der Waals surface area contributed by atoms with E-state index in [-0.39, 0.29) is 6.61 Å². The van der Waals surface area contributed by atoms with Crippen LogP contribution in [0.5, 0.6) is 5.75 Å². The molecule has 1 aliphatic heterocycles. The topological polar surface area (TPSA) is 41.9 Å². The van der Waals surface area contributed by atoms with Gasteiger partial charge in [-0.15, -0.1) is 0 Å². The molecule has 0 amide bonds. The Bertz CT molecular complexity index is 421. The van der Waals surface area contributed by atoms with Crippen LogP contribution in [0.4, 0.5) is 0 Å². The summed E-state index contributed by atoms with van der Waals surface area (Å²) in [6.07, 6.45) is 2.66. The second-order valence-corrected chi connectivity index (χ2v) is 6.06. The molecule has 4 nitrogen and oxygen atoms in total. The van der Waals surface area contributed by atoms with Crippen molar-refractivity contribution in [3.05, 3.63) is 30.3 Å². The van der Waals surface area contributed by atoms with Crippen molar-refractivity contribution in [3.8, 4) is 5.75 Å². The molecule has 0 unspecified atom stereocenters. The average Bonchev–Trinajstić information content (AvgIpc) is 3.27. The lowest BCUT2D eigenvalue weighted by atomic mass is 10.1. The molecule has 0 aromatic heterocycles. The highest BCUT2D eigenvalue weighted by Crippen LogP contribution is 2.30. The van der Waals surface area contributed by atoms with Crippen LogP contribution in [0.2, 0.25) is 0 Å². The number of hydrogen-bond donors (Lipinski definition) is 1. The fourth-order valence-electron chi connectivity index (χ4n) is 2.64. The Morgan fingerprint density at radius 1 is 1.30 bits per heavy atom. The van der Waals surface area contributed by atoms with Gasteiger partial charge in [0.1, 0.15) is 18.0 Å². The largest absolute Gasteiger partial charge is 0.490 e. The summed E-state index contributed by atoms with van der Waals surface area (Å²) in [7, 11) is 0. The van der Waals surface area contributed by atoms with Crippen molar-refractivity contribution in [2.24, 2.45) is 5.92 Å². The number of β-amino-alcohol motifs (C(OH)–C–C–N with tert-alkyl or cyclic N) is 1. The number of aliphatic hydroxyl groups is 1. The fourth-order valence-corrected chi connectivity index (χ4v) is 2.64. The molecule has 2 fully saturated rings. The van der Waals surface area contributed by atoms with Gasteiger partial charge in [-0.05, 0) is 30.9 Å². The number of ether oxygens (including phenoxy) is 2. The minimum atomic E-state index is -0.915. The van der Waals surface area contributed by atoms with Gasteiger partial charge in [-0.1, -0.05) is 18.2 Å². The van der Waals surface area contributed by atoms with E-state index in [0.717, 1.165) is 24.8 Å². The Balaban J connectivity index is 1.56. The average molecular weight is 277 g/mol. The van der Waals surface area contributed by atoms with Gasteiger partial charge < -0.3 is 14.6 Å². The molecular formula is C16H23NO3. The molecule has 0 radical (unpaired) electrons. The lowest BCUT2D eigenvalue weighted by Gasteiger charge is -2.30. The van der Waals surface area contributed by atoms with E-state index in [4.69, 9.17) is 9.47 Å². The Labute approximate surface area is 120 Å². The highest BCUT2D eigenvalue weighted by Gasteiger charge is 2.35. The molecule has 1 heterocycles. The third-order valence-corrected chi connectivity index (χ3v) is 3.90. The molecule has 1 saturated carbocycles. The van der Waals surface area contributed by atoms with Gasteiger partial charge in [0.25, 0.3) is 0 Å². The quantitative estimate of drug-likeness (QED) is 0.886. The zero-order chi connectivity index (χ0) is 13.8. The zero-order valence-electron chi connectivity index (χ0n) is 11.8. The van der Waals surface area contributed by atoms with Crippen molar-refractivity contribution in [2.45, 2.75) is 18.4 Å². The second kappa shape index (κ2) is 6.12. The normalized spacial score (nSPS) is 28.1. The second-order valence-electron chi connectivity index (χ2n) is 6.06. The van der Waals surface area contributed by atoms with Crippen molar-refractivity contribution in [2.75, 3.05) is 39.5 Å². The highest BCUT2D eigenvalue weighted by atomic mass is 16.5. The highest BCUT2D eigenvalue weighted by molar-refractivity contribution is 5.21. The van der Waals surface area contributed by atoms with Gasteiger partial charge in [0.2, 0.25) is 0 Å². The van der Waals surface area contributed by atoms with Crippen LogP contribution in [-0.4, -0.2) is 55.1 Å². The molecule has 2 aliphatic rings. The third-order valence-electron chi connectivity index (χ3n) is 3.90. The summed E-state index contributed by atoms with van der Waals surface area (Å²) in [5.74, 6) is 1.62. The molecule has 1 aliphatic carbocycles. The molecule has 1 saturated heterocycles. The van der Waals surface area contributed by atoms with Crippen LogP contribution in [0, 0.1) is 5.92 Å². The maximum absolute atomic E-state index is 10.7. The monoisotopic (exact) mass is 277 g/mol. The van der Waals surface area contributed by atoms with Crippen LogP contribution < -0.4 is 4.74 Å². The summed E-state index contributed by atoms with van der Waals surface area (Å²) in [5.41, 5.74) is -0.915. The molecule has 110 valence electrons. The summed E-state index contributed by atoms with van der Waals surface area (Å²) in [6.45, 7) is 3.94. The Morgan fingerprint density at radius 2 is 2.10 bits per heavy atom. The van der Waals surface area contributed by atoms with E-state index in [1.165, 1.54) is 12.8 Å². The van der Waals surface area contributed by atoms with Crippen molar-refractivity contribution in [3.63, 3.8) is 0 Å². The smallest absolute Gasteiger partial charge is 0.134 e.